The van der Waals surface area contributed by atoms with Crippen molar-refractivity contribution in [3.05, 3.63) is 0 Å². The van der Waals surface area contributed by atoms with Gasteiger partial charge in [-0.25, -0.2) is 0 Å². The van der Waals surface area contributed by atoms with E-state index in [1.165, 1.54) is 25.9 Å². The summed E-state index contributed by atoms with van der Waals surface area (Å²) in [6, 6.07) is 0. The molecule has 0 saturated carbocycles. The predicted molar refractivity (Wildman–Crippen MR) is 62.4 cm³/mol. The van der Waals surface area contributed by atoms with Crippen LogP contribution in [0.25, 0.3) is 0 Å². The SMILES string of the molecule is CN1CCC(CC2CNC(C)(C(=O)O)C2)C1. The third kappa shape index (κ3) is 2.38. The second kappa shape index (κ2) is 4.34. The molecule has 92 valence electrons. The molecule has 4 nitrogen and oxygen atoms in total. The first-order valence-electron chi connectivity index (χ1n) is 6.16. The molecule has 2 fully saturated rings. The Morgan fingerprint density at radius 3 is 2.81 bits per heavy atom. The van der Waals surface area contributed by atoms with Gasteiger partial charge in [0.25, 0.3) is 0 Å². The minimum Gasteiger partial charge on any atom is -0.480 e. The Morgan fingerprint density at radius 1 is 1.56 bits per heavy atom. The Balaban J connectivity index is 1.83. The molecule has 2 N–H and O–H groups in total. The van der Waals surface area contributed by atoms with E-state index in [-0.39, 0.29) is 0 Å². The lowest BCUT2D eigenvalue weighted by molar-refractivity contribution is -0.143. The Kier molecular flexibility index (Phi) is 3.22. The molecule has 3 unspecified atom stereocenters. The summed E-state index contributed by atoms with van der Waals surface area (Å²) in [4.78, 5) is 13.5. The molecule has 2 rings (SSSR count). The average molecular weight is 226 g/mol. The van der Waals surface area contributed by atoms with Gasteiger partial charge in [0.1, 0.15) is 5.54 Å². The van der Waals surface area contributed by atoms with Gasteiger partial charge in [-0.05, 0) is 58.2 Å². The number of hydrogen-bond acceptors (Lipinski definition) is 3. The van der Waals surface area contributed by atoms with Gasteiger partial charge < -0.3 is 15.3 Å². The van der Waals surface area contributed by atoms with Crippen LogP contribution >= 0.6 is 0 Å². The van der Waals surface area contributed by atoms with Crippen LogP contribution < -0.4 is 5.32 Å². The lowest BCUT2D eigenvalue weighted by atomic mass is 9.88. The highest BCUT2D eigenvalue weighted by Gasteiger charge is 2.41. The third-order valence-electron chi connectivity index (χ3n) is 4.11. The largest absolute Gasteiger partial charge is 0.480 e. The van der Waals surface area contributed by atoms with Crippen LogP contribution in [0.1, 0.15) is 26.2 Å². The zero-order valence-corrected chi connectivity index (χ0v) is 10.2. The third-order valence-corrected chi connectivity index (χ3v) is 4.11. The van der Waals surface area contributed by atoms with Crippen molar-refractivity contribution in [2.24, 2.45) is 11.8 Å². The van der Waals surface area contributed by atoms with Gasteiger partial charge in [-0.2, -0.15) is 0 Å². The highest BCUT2D eigenvalue weighted by Crippen LogP contribution is 2.31. The molecule has 0 radical (unpaired) electrons. The van der Waals surface area contributed by atoms with E-state index in [4.69, 9.17) is 5.11 Å². The molecule has 0 aliphatic carbocycles. The minimum atomic E-state index is -0.710. The number of nitrogens with one attached hydrogen (secondary N) is 1. The standard InChI is InChI=1S/C12H22N2O2/c1-12(11(15)16)6-10(7-13-12)5-9-3-4-14(2)8-9/h9-10,13H,3-8H2,1-2H3,(H,15,16). The van der Waals surface area contributed by atoms with Crippen molar-refractivity contribution in [3.63, 3.8) is 0 Å². The van der Waals surface area contributed by atoms with Gasteiger partial charge >= 0.3 is 5.97 Å². The number of likely N-dealkylation sites (tertiary alicyclic amines) is 1. The lowest BCUT2D eigenvalue weighted by Crippen LogP contribution is -2.44. The second-order valence-electron chi connectivity index (χ2n) is 5.74. The van der Waals surface area contributed by atoms with Crippen LogP contribution in [0, 0.1) is 11.8 Å². The molecule has 0 aromatic rings. The molecule has 0 spiro atoms. The van der Waals surface area contributed by atoms with Gasteiger partial charge in [0.15, 0.2) is 0 Å². The van der Waals surface area contributed by atoms with Crippen molar-refractivity contribution < 1.29 is 9.90 Å². The zero-order chi connectivity index (χ0) is 11.8. The van der Waals surface area contributed by atoms with E-state index in [2.05, 4.69) is 17.3 Å². The fourth-order valence-corrected chi connectivity index (χ4v) is 3.11. The van der Waals surface area contributed by atoms with Gasteiger partial charge in [0.2, 0.25) is 0 Å². The number of nitrogens with zero attached hydrogens (tertiary/aromatic N) is 1. The number of carboxylic acid groups (broad SMARTS) is 1. The van der Waals surface area contributed by atoms with Gasteiger partial charge in [0, 0.05) is 6.54 Å². The molecule has 2 aliphatic rings. The van der Waals surface area contributed by atoms with Crippen LogP contribution in [0.4, 0.5) is 0 Å². The maximum Gasteiger partial charge on any atom is 0.323 e. The molecular formula is C12H22N2O2. The molecule has 0 aromatic carbocycles. The number of hydrogen-bond donors (Lipinski definition) is 2. The Morgan fingerprint density at radius 2 is 2.31 bits per heavy atom. The summed E-state index contributed by atoms with van der Waals surface area (Å²) >= 11 is 0. The molecule has 0 amide bonds. The minimum absolute atomic E-state index is 0.539. The quantitative estimate of drug-likeness (QED) is 0.747. The van der Waals surface area contributed by atoms with E-state index in [0.29, 0.717) is 5.92 Å². The summed E-state index contributed by atoms with van der Waals surface area (Å²) in [5.74, 6) is 0.601. The van der Waals surface area contributed by atoms with E-state index in [0.717, 1.165) is 18.9 Å². The van der Waals surface area contributed by atoms with E-state index in [9.17, 15) is 4.79 Å². The maximum absolute atomic E-state index is 11.1. The summed E-state index contributed by atoms with van der Waals surface area (Å²) in [6.45, 7) is 5.04. The fraction of sp³-hybridized carbons (Fsp3) is 0.917. The van der Waals surface area contributed by atoms with Gasteiger partial charge in [-0.1, -0.05) is 0 Å². The van der Waals surface area contributed by atoms with Crippen LogP contribution in [0.2, 0.25) is 0 Å². The van der Waals surface area contributed by atoms with Gasteiger partial charge in [-0.15, -0.1) is 0 Å². The molecule has 16 heavy (non-hydrogen) atoms. The van der Waals surface area contributed by atoms with Crippen molar-refractivity contribution in [2.75, 3.05) is 26.7 Å². The number of rotatable bonds is 3. The number of carbonyl (C=O) groups is 1. The summed E-state index contributed by atoms with van der Waals surface area (Å²) in [5.41, 5.74) is -0.685. The smallest absolute Gasteiger partial charge is 0.323 e. The molecule has 4 heteroatoms. The number of aliphatic carboxylic acids is 1. The molecule has 0 aromatic heterocycles. The maximum atomic E-state index is 11.1. The van der Waals surface area contributed by atoms with E-state index < -0.39 is 11.5 Å². The molecular weight excluding hydrogens is 204 g/mol. The Bertz CT molecular complexity index is 282. The fourth-order valence-electron chi connectivity index (χ4n) is 3.11. The van der Waals surface area contributed by atoms with Crippen LogP contribution in [-0.4, -0.2) is 48.2 Å². The van der Waals surface area contributed by atoms with Gasteiger partial charge in [0.05, 0.1) is 0 Å². The van der Waals surface area contributed by atoms with Crippen molar-refractivity contribution in [2.45, 2.75) is 31.7 Å². The van der Waals surface area contributed by atoms with Gasteiger partial charge in [-0.3, -0.25) is 4.79 Å². The highest BCUT2D eigenvalue weighted by atomic mass is 16.4. The second-order valence-corrected chi connectivity index (χ2v) is 5.74. The van der Waals surface area contributed by atoms with Crippen LogP contribution in [-0.2, 0) is 4.79 Å². The highest BCUT2D eigenvalue weighted by molar-refractivity contribution is 5.78. The lowest BCUT2D eigenvalue weighted by Gasteiger charge is -2.19. The molecule has 2 heterocycles. The topological polar surface area (TPSA) is 52.6 Å². The van der Waals surface area contributed by atoms with Crippen LogP contribution in [0.5, 0.6) is 0 Å². The van der Waals surface area contributed by atoms with Crippen molar-refractivity contribution >= 4 is 5.97 Å². The first-order chi connectivity index (χ1) is 7.49. The van der Waals surface area contributed by atoms with Crippen LogP contribution in [0.3, 0.4) is 0 Å². The molecule has 0 bridgehead atoms. The number of carboxylic acids is 1. The first kappa shape index (κ1) is 11.9. The molecule has 3 atom stereocenters. The summed E-state index contributed by atoms with van der Waals surface area (Å²) in [7, 11) is 2.16. The van der Waals surface area contributed by atoms with Crippen LogP contribution in [0.15, 0.2) is 0 Å². The van der Waals surface area contributed by atoms with E-state index in [1.54, 1.807) is 6.92 Å². The Hall–Kier alpha value is -0.610. The summed E-state index contributed by atoms with van der Waals surface area (Å²) in [6.07, 6.45) is 3.24. The zero-order valence-electron chi connectivity index (χ0n) is 10.2. The first-order valence-corrected chi connectivity index (χ1v) is 6.16. The van der Waals surface area contributed by atoms with Crippen molar-refractivity contribution in [3.8, 4) is 0 Å². The van der Waals surface area contributed by atoms with E-state index in [1.807, 2.05) is 0 Å². The van der Waals surface area contributed by atoms with Crippen molar-refractivity contribution in [1.82, 2.24) is 10.2 Å². The van der Waals surface area contributed by atoms with Crippen molar-refractivity contribution in [1.29, 1.82) is 0 Å². The predicted octanol–water partition coefficient (Wildman–Crippen LogP) is 0.781. The van der Waals surface area contributed by atoms with E-state index >= 15 is 0 Å². The molecule has 2 saturated heterocycles. The summed E-state index contributed by atoms with van der Waals surface area (Å²) < 4.78 is 0. The Labute approximate surface area is 97.0 Å². The molecule has 2 aliphatic heterocycles. The monoisotopic (exact) mass is 226 g/mol. The average Bonchev–Trinajstić information content (AvgIpc) is 2.75. The summed E-state index contributed by atoms with van der Waals surface area (Å²) in [5, 5.41) is 12.3. The normalized spacial score (nSPS) is 40.4.